The van der Waals surface area contributed by atoms with Crippen molar-refractivity contribution in [1.29, 1.82) is 0 Å². The molecular formula is C34H30O2Si. The zero-order valence-electron chi connectivity index (χ0n) is 21.0. The molecule has 0 aromatic heterocycles. The summed E-state index contributed by atoms with van der Waals surface area (Å²) in [7, 11) is -1.24. The number of hydrogen-bond acceptors (Lipinski definition) is 2. The van der Waals surface area contributed by atoms with Crippen molar-refractivity contribution >= 4 is 29.6 Å². The van der Waals surface area contributed by atoms with Crippen molar-refractivity contribution in [1.82, 2.24) is 0 Å². The number of methoxy groups -OCH3 is 1. The lowest BCUT2D eigenvalue weighted by molar-refractivity contribution is 0.414. The summed E-state index contributed by atoms with van der Waals surface area (Å²) in [6.45, 7) is 0. The van der Waals surface area contributed by atoms with E-state index in [0.29, 0.717) is 0 Å². The lowest BCUT2D eigenvalue weighted by atomic mass is 10.1. The maximum Gasteiger partial charge on any atom is 0.346 e. The minimum Gasteiger partial charge on any atom is -0.530 e. The van der Waals surface area contributed by atoms with Crippen LogP contribution < -0.4 is 20.3 Å². The van der Waals surface area contributed by atoms with Crippen LogP contribution in [0, 0.1) is 0 Å². The van der Waals surface area contributed by atoms with Gasteiger partial charge in [0.1, 0.15) is 11.5 Å². The average Bonchev–Trinajstić information content (AvgIpc) is 2.99. The first-order valence-corrected chi connectivity index (χ1v) is 14.4. The maximum absolute atomic E-state index is 7.44. The van der Waals surface area contributed by atoms with Crippen molar-refractivity contribution in [2.24, 2.45) is 0 Å². The van der Waals surface area contributed by atoms with Gasteiger partial charge in [-0.05, 0) is 57.9 Å². The van der Waals surface area contributed by atoms with Gasteiger partial charge in [-0.3, -0.25) is 0 Å². The molecule has 0 fully saturated rings. The number of rotatable bonds is 9. The van der Waals surface area contributed by atoms with Crippen LogP contribution in [0.2, 0.25) is 0 Å². The fourth-order valence-electron chi connectivity index (χ4n) is 4.66. The zero-order valence-corrected chi connectivity index (χ0v) is 22.0. The zero-order chi connectivity index (χ0) is 25.3. The Morgan fingerprint density at radius 1 is 0.568 bits per heavy atom. The summed E-state index contributed by atoms with van der Waals surface area (Å²) in [6.07, 6.45) is 2.98. The molecule has 0 aliphatic rings. The van der Waals surface area contributed by atoms with E-state index in [0.717, 1.165) is 23.5 Å². The molecule has 0 bridgehead atoms. The molecule has 0 N–H and O–H groups in total. The van der Waals surface area contributed by atoms with Gasteiger partial charge in [-0.1, -0.05) is 121 Å². The van der Waals surface area contributed by atoms with Crippen LogP contribution in [-0.2, 0) is 10.8 Å². The van der Waals surface area contributed by atoms with Gasteiger partial charge in [-0.25, -0.2) is 0 Å². The van der Waals surface area contributed by atoms with Gasteiger partial charge in [0.2, 0.25) is 0 Å². The number of hydrogen-bond donors (Lipinski definition) is 0. The highest BCUT2D eigenvalue weighted by Gasteiger charge is 2.44. The van der Waals surface area contributed by atoms with E-state index in [-0.39, 0.29) is 0 Å². The second-order valence-electron chi connectivity index (χ2n) is 8.87. The van der Waals surface area contributed by atoms with E-state index in [1.54, 1.807) is 7.11 Å². The molecule has 0 saturated carbocycles. The van der Waals surface area contributed by atoms with Crippen molar-refractivity contribution in [3.05, 3.63) is 163 Å². The monoisotopic (exact) mass is 498 g/mol. The molecule has 0 saturated heterocycles. The number of allylic oxidation sites excluding steroid dienone is 1. The molecule has 2 nitrogen and oxygen atoms in total. The third kappa shape index (κ3) is 5.42. The molecule has 3 heteroatoms. The molecule has 0 heterocycles. The number of ether oxygens (including phenoxy) is 1. The Bertz CT molecular complexity index is 1320. The molecule has 37 heavy (non-hydrogen) atoms. The minimum absolute atomic E-state index is 0.769. The van der Waals surface area contributed by atoms with Crippen LogP contribution in [0.25, 0.3) is 5.76 Å². The van der Waals surface area contributed by atoms with E-state index in [2.05, 4.69) is 133 Å². The third-order valence-corrected chi connectivity index (χ3v) is 10.5. The van der Waals surface area contributed by atoms with Gasteiger partial charge < -0.3 is 9.16 Å². The first-order chi connectivity index (χ1) is 18.3. The van der Waals surface area contributed by atoms with Crippen molar-refractivity contribution in [3.8, 4) is 5.75 Å². The van der Waals surface area contributed by atoms with Crippen LogP contribution in [0.1, 0.15) is 11.1 Å². The van der Waals surface area contributed by atoms with Crippen molar-refractivity contribution in [2.75, 3.05) is 7.11 Å². The van der Waals surface area contributed by atoms with Gasteiger partial charge in [0, 0.05) is 5.56 Å². The van der Waals surface area contributed by atoms with Gasteiger partial charge in [-0.2, -0.15) is 0 Å². The highest BCUT2D eigenvalue weighted by Crippen LogP contribution is 2.25. The maximum atomic E-state index is 7.44. The fraction of sp³-hybridized carbons (Fsp3) is 0.0588. The van der Waals surface area contributed by atoms with E-state index in [9.17, 15) is 0 Å². The number of benzene rings is 5. The summed E-state index contributed by atoms with van der Waals surface area (Å²) in [6, 6.07) is 50.7. The molecule has 5 aromatic carbocycles. The third-order valence-electron chi connectivity index (χ3n) is 6.54. The molecule has 0 spiro atoms. The molecule has 0 aliphatic carbocycles. The van der Waals surface area contributed by atoms with Crippen molar-refractivity contribution in [2.45, 2.75) is 6.42 Å². The van der Waals surface area contributed by atoms with Crippen LogP contribution in [0.5, 0.6) is 5.75 Å². The van der Waals surface area contributed by atoms with Gasteiger partial charge in [0.25, 0.3) is 0 Å². The second kappa shape index (κ2) is 11.6. The van der Waals surface area contributed by atoms with Crippen LogP contribution in [0.15, 0.2) is 152 Å². The Hall–Kier alpha value is -4.34. The van der Waals surface area contributed by atoms with Gasteiger partial charge in [0.15, 0.2) is 0 Å². The molecule has 0 aliphatic heterocycles. The molecule has 0 unspecified atom stereocenters. The van der Waals surface area contributed by atoms with Gasteiger partial charge in [-0.15, -0.1) is 0 Å². The Kier molecular flexibility index (Phi) is 7.63. The highest BCUT2D eigenvalue weighted by molar-refractivity contribution is 7.07. The summed E-state index contributed by atoms with van der Waals surface area (Å²) in [5.41, 5.74) is 2.26. The molecule has 5 aromatic rings. The van der Waals surface area contributed by atoms with Crippen LogP contribution in [-0.4, -0.2) is 15.4 Å². The standard InChI is InChI=1S/C34H30O2Si/c1-35-30-25-23-29(24-26-30)34(27-22-28-14-6-2-7-15-28)36-37(31-16-8-3-9-17-31,32-18-10-4-11-19-32)33-20-12-5-13-21-33/h2-21,23-27H,22H2,1H3/b34-27-. The van der Waals surface area contributed by atoms with E-state index in [4.69, 9.17) is 9.16 Å². The lowest BCUT2D eigenvalue weighted by Crippen LogP contribution is -2.69. The van der Waals surface area contributed by atoms with Crippen LogP contribution in [0.4, 0.5) is 0 Å². The Morgan fingerprint density at radius 3 is 1.43 bits per heavy atom. The topological polar surface area (TPSA) is 18.5 Å². The van der Waals surface area contributed by atoms with Gasteiger partial charge in [0.05, 0.1) is 7.11 Å². The second-order valence-corrected chi connectivity index (χ2v) is 12.2. The Morgan fingerprint density at radius 2 is 1.00 bits per heavy atom. The van der Waals surface area contributed by atoms with Crippen LogP contribution >= 0.6 is 0 Å². The minimum atomic E-state index is -2.93. The predicted molar refractivity (Wildman–Crippen MR) is 156 cm³/mol. The van der Waals surface area contributed by atoms with Crippen LogP contribution in [0.3, 0.4) is 0 Å². The largest absolute Gasteiger partial charge is 0.530 e. The first-order valence-electron chi connectivity index (χ1n) is 12.5. The Labute approximate surface area is 220 Å². The first kappa shape index (κ1) is 24.4. The summed E-state index contributed by atoms with van der Waals surface area (Å²) in [4.78, 5) is 0. The predicted octanol–water partition coefficient (Wildman–Crippen LogP) is 5.96. The highest BCUT2D eigenvalue weighted by atomic mass is 28.4. The smallest absolute Gasteiger partial charge is 0.346 e. The molecule has 0 atom stereocenters. The summed E-state index contributed by atoms with van der Waals surface area (Å²) < 4.78 is 12.9. The quantitative estimate of drug-likeness (QED) is 0.142. The summed E-state index contributed by atoms with van der Waals surface area (Å²) >= 11 is 0. The summed E-state index contributed by atoms with van der Waals surface area (Å²) in [5.74, 6) is 1.69. The van der Waals surface area contributed by atoms with E-state index in [1.165, 1.54) is 21.1 Å². The fourth-order valence-corrected chi connectivity index (χ4v) is 8.53. The van der Waals surface area contributed by atoms with E-state index < -0.39 is 8.32 Å². The van der Waals surface area contributed by atoms with Crippen molar-refractivity contribution < 1.29 is 9.16 Å². The molecular weight excluding hydrogens is 468 g/mol. The Balaban J connectivity index is 1.71. The molecule has 5 rings (SSSR count). The van der Waals surface area contributed by atoms with Gasteiger partial charge >= 0.3 is 8.32 Å². The average molecular weight is 499 g/mol. The SMILES string of the molecule is COc1ccc(/C(=C/Cc2ccccc2)O[Si](c2ccccc2)(c2ccccc2)c2ccccc2)cc1. The molecule has 0 amide bonds. The van der Waals surface area contributed by atoms with E-state index in [1.807, 2.05) is 18.2 Å². The molecule has 0 radical (unpaired) electrons. The molecule has 182 valence electrons. The summed E-state index contributed by atoms with van der Waals surface area (Å²) in [5, 5.41) is 3.60. The van der Waals surface area contributed by atoms with E-state index >= 15 is 0 Å². The lowest BCUT2D eigenvalue weighted by Gasteiger charge is -2.34. The van der Waals surface area contributed by atoms with Crippen molar-refractivity contribution in [3.63, 3.8) is 0 Å². The normalized spacial score (nSPS) is 11.6.